The first-order valence-electron chi connectivity index (χ1n) is 12.1. The van der Waals surface area contributed by atoms with Gasteiger partial charge in [-0.05, 0) is 76.8 Å². The van der Waals surface area contributed by atoms with Gasteiger partial charge in [0.25, 0.3) is 5.91 Å². The maximum Gasteiger partial charge on any atom is 0.408 e. The molecule has 2 N–H and O–H groups in total. The lowest BCUT2D eigenvalue weighted by Crippen LogP contribution is -2.51. The Balaban J connectivity index is 2.45. The molecule has 0 aromatic heterocycles. The minimum atomic E-state index is -0.939. The minimum Gasteiger partial charge on any atom is -0.444 e. The average molecular weight is 492 g/mol. The summed E-state index contributed by atoms with van der Waals surface area (Å²) >= 11 is 0. The van der Waals surface area contributed by atoms with E-state index in [0.717, 1.165) is 11.1 Å². The van der Waals surface area contributed by atoms with Gasteiger partial charge in [0.1, 0.15) is 17.7 Å². The Morgan fingerprint density at radius 3 is 2.14 bits per heavy atom. The van der Waals surface area contributed by atoms with Crippen molar-refractivity contribution < 1.29 is 19.1 Å². The normalized spacial score (nSPS) is 12.6. The molecule has 0 aliphatic heterocycles. The Kier molecular flexibility index (Phi) is 9.68. The van der Waals surface area contributed by atoms with E-state index in [1.807, 2.05) is 39.0 Å². The molecule has 2 atom stereocenters. The van der Waals surface area contributed by atoms with E-state index in [4.69, 9.17) is 11.2 Å². The predicted molar refractivity (Wildman–Crippen MR) is 142 cm³/mol. The van der Waals surface area contributed by atoms with Gasteiger partial charge >= 0.3 is 6.09 Å². The van der Waals surface area contributed by atoms with Crippen molar-refractivity contribution in [1.29, 1.82) is 0 Å². The number of nitrogens with zero attached hydrogens (tertiary/aromatic N) is 1. The van der Waals surface area contributed by atoms with Crippen LogP contribution in [0, 0.1) is 26.2 Å². The van der Waals surface area contributed by atoms with Gasteiger partial charge in [-0.15, -0.1) is 6.42 Å². The third kappa shape index (κ3) is 7.61. The zero-order valence-electron chi connectivity index (χ0n) is 22.3. The van der Waals surface area contributed by atoms with Crippen LogP contribution in [0.2, 0.25) is 0 Å². The Hall–Kier alpha value is -3.79. The average Bonchev–Trinajstić information content (AvgIpc) is 2.79. The number of benzene rings is 2. The standard InChI is InChI=1S/C29H37N3O4/c1-9-18-32(27(34)21(5)30-28(35)36-29(6,7)8)25(23-16-14-22(10-2)15-17-23)26(33)31-24-19(3)12-11-13-20(24)4/h2,11-17,21,25H,9,18H2,1,3-8H3,(H,30,35)(H,31,33). The minimum absolute atomic E-state index is 0.306. The second kappa shape index (κ2) is 12.3. The van der Waals surface area contributed by atoms with Crippen LogP contribution >= 0.6 is 0 Å². The van der Waals surface area contributed by atoms with Crippen molar-refractivity contribution in [2.45, 2.75) is 72.6 Å². The quantitative estimate of drug-likeness (QED) is 0.502. The maximum absolute atomic E-state index is 13.8. The first-order valence-corrected chi connectivity index (χ1v) is 12.1. The summed E-state index contributed by atoms with van der Waals surface area (Å²) < 4.78 is 5.30. The molecule has 2 rings (SSSR count). The van der Waals surface area contributed by atoms with Gasteiger partial charge in [-0.3, -0.25) is 9.59 Å². The molecule has 0 spiro atoms. The molecule has 36 heavy (non-hydrogen) atoms. The molecule has 2 aromatic carbocycles. The number of nitrogens with one attached hydrogen (secondary N) is 2. The predicted octanol–water partition coefficient (Wildman–Crippen LogP) is 5.12. The first-order chi connectivity index (χ1) is 16.9. The Labute approximate surface area is 214 Å². The Morgan fingerprint density at radius 1 is 1.06 bits per heavy atom. The van der Waals surface area contributed by atoms with Crippen molar-refractivity contribution in [2.24, 2.45) is 0 Å². The van der Waals surface area contributed by atoms with Gasteiger partial charge < -0.3 is 20.3 Å². The molecular formula is C29H37N3O4. The van der Waals surface area contributed by atoms with Gasteiger partial charge in [-0.2, -0.15) is 0 Å². The van der Waals surface area contributed by atoms with Crippen LogP contribution < -0.4 is 10.6 Å². The number of aryl methyl sites for hydroxylation is 2. The van der Waals surface area contributed by atoms with Gasteiger partial charge in [0, 0.05) is 17.8 Å². The SMILES string of the molecule is C#Cc1ccc(C(C(=O)Nc2c(C)cccc2C)N(CCC)C(=O)C(C)NC(=O)OC(C)(C)C)cc1. The van der Waals surface area contributed by atoms with Crippen LogP contribution in [0.4, 0.5) is 10.5 Å². The number of hydrogen-bond donors (Lipinski definition) is 2. The van der Waals surface area contributed by atoms with E-state index in [1.54, 1.807) is 52.0 Å². The summed E-state index contributed by atoms with van der Waals surface area (Å²) in [7, 11) is 0. The molecule has 0 aliphatic rings. The smallest absolute Gasteiger partial charge is 0.408 e. The van der Waals surface area contributed by atoms with Crippen LogP contribution in [0.15, 0.2) is 42.5 Å². The highest BCUT2D eigenvalue weighted by Crippen LogP contribution is 2.27. The van der Waals surface area contributed by atoms with Crippen molar-refractivity contribution in [1.82, 2.24) is 10.2 Å². The van der Waals surface area contributed by atoms with Gasteiger partial charge in [-0.25, -0.2) is 4.79 Å². The number of ether oxygens (including phenoxy) is 1. The van der Waals surface area contributed by atoms with Gasteiger partial charge in [0.15, 0.2) is 0 Å². The second-order valence-corrected chi connectivity index (χ2v) is 9.82. The van der Waals surface area contributed by atoms with Crippen LogP contribution in [0.3, 0.4) is 0 Å². The second-order valence-electron chi connectivity index (χ2n) is 9.82. The number of para-hydroxylation sites is 1. The van der Waals surface area contributed by atoms with Crippen LogP contribution in [-0.4, -0.2) is 41.0 Å². The van der Waals surface area contributed by atoms with E-state index >= 15 is 0 Å². The molecule has 7 nitrogen and oxygen atoms in total. The maximum atomic E-state index is 13.8. The van der Waals surface area contributed by atoms with Gasteiger partial charge in [0.05, 0.1) is 0 Å². The summed E-state index contributed by atoms with van der Waals surface area (Å²) in [5.74, 6) is 1.82. The highest BCUT2D eigenvalue weighted by atomic mass is 16.6. The summed E-state index contributed by atoms with van der Waals surface area (Å²) in [6, 6.07) is 10.9. The number of anilines is 1. The zero-order chi connectivity index (χ0) is 27.0. The number of carbonyl (C=O) groups is 3. The zero-order valence-corrected chi connectivity index (χ0v) is 22.3. The lowest BCUT2D eigenvalue weighted by atomic mass is 10.0. The highest BCUT2D eigenvalue weighted by Gasteiger charge is 2.34. The van der Waals surface area contributed by atoms with Crippen molar-refractivity contribution in [3.8, 4) is 12.3 Å². The molecule has 2 unspecified atom stereocenters. The number of rotatable bonds is 8. The summed E-state index contributed by atoms with van der Waals surface area (Å²) in [6.45, 7) is 12.9. The third-order valence-electron chi connectivity index (χ3n) is 5.53. The molecule has 2 aromatic rings. The molecular weight excluding hydrogens is 454 g/mol. The van der Waals surface area contributed by atoms with Crippen LogP contribution in [0.5, 0.6) is 0 Å². The number of carbonyl (C=O) groups excluding carboxylic acids is 3. The highest BCUT2D eigenvalue weighted by molar-refractivity contribution is 5.99. The lowest BCUT2D eigenvalue weighted by molar-refractivity contribution is -0.140. The summed E-state index contributed by atoms with van der Waals surface area (Å²) in [5.41, 5.74) is 3.11. The molecule has 192 valence electrons. The van der Waals surface area contributed by atoms with Crippen LogP contribution in [0.1, 0.15) is 69.3 Å². The van der Waals surface area contributed by atoms with Crippen LogP contribution in [0.25, 0.3) is 0 Å². The molecule has 0 radical (unpaired) electrons. The van der Waals surface area contributed by atoms with Crippen molar-refractivity contribution >= 4 is 23.6 Å². The fourth-order valence-electron chi connectivity index (χ4n) is 3.84. The number of terminal acetylenes is 1. The van der Waals surface area contributed by atoms with Crippen molar-refractivity contribution in [2.75, 3.05) is 11.9 Å². The molecule has 0 bridgehead atoms. The Morgan fingerprint density at radius 2 is 1.64 bits per heavy atom. The van der Waals surface area contributed by atoms with E-state index in [1.165, 1.54) is 4.90 Å². The third-order valence-corrected chi connectivity index (χ3v) is 5.53. The summed E-state index contributed by atoms with van der Waals surface area (Å²) in [4.78, 5) is 41.2. The molecule has 3 amide bonds. The lowest BCUT2D eigenvalue weighted by Gasteiger charge is -2.33. The fraction of sp³-hybridized carbons (Fsp3) is 0.414. The number of hydrogen-bond acceptors (Lipinski definition) is 4. The van der Waals surface area contributed by atoms with Crippen molar-refractivity contribution in [3.05, 3.63) is 64.7 Å². The first kappa shape index (κ1) is 28.4. The van der Waals surface area contributed by atoms with Crippen molar-refractivity contribution in [3.63, 3.8) is 0 Å². The van der Waals surface area contributed by atoms with Crippen LogP contribution in [-0.2, 0) is 14.3 Å². The van der Waals surface area contributed by atoms with E-state index < -0.39 is 29.7 Å². The number of amides is 3. The van der Waals surface area contributed by atoms with Gasteiger partial charge in [0.2, 0.25) is 5.91 Å². The summed E-state index contributed by atoms with van der Waals surface area (Å²) in [6.07, 6.45) is 5.42. The van der Waals surface area contributed by atoms with E-state index in [9.17, 15) is 14.4 Å². The van der Waals surface area contributed by atoms with E-state index in [-0.39, 0.29) is 5.91 Å². The van der Waals surface area contributed by atoms with E-state index in [2.05, 4.69) is 16.6 Å². The summed E-state index contributed by atoms with van der Waals surface area (Å²) in [5, 5.41) is 5.62. The number of alkyl carbamates (subject to hydrolysis) is 1. The molecule has 0 aliphatic carbocycles. The van der Waals surface area contributed by atoms with Gasteiger partial charge in [-0.1, -0.05) is 43.2 Å². The molecule has 7 heteroatoms. The monoisotopic (exact) mass is 491 g/mol. The van der Waals surface area contributed by atoms with E-state index in [0.29, 0.717) is 29.8 Å². The molecule has 0 saturated carbocycles. The molecule has 0 fully saturated rings. The topological polar surface area (TPSA) is 87.7 Å². The molecule has 0 saturated heterocycles. The molecule has 0 heterocycles. The largest absolute Gasteiger partial charge is 0.444 e. The fourth-order valence-corrected chi connectivity index (χ4v) is 3.84. The Bertz CT molecular complexity index is 1110.